The third-order valence-electron chi connectivity index (χ3n) is 2.91. The maximum absolute atomic E-state index is 9.09. The molecule has 1 aromatic heterocycles. The lowest BCUT2D eigenvalue weighted by Crippen LogP contribution is -2.13. The molecule has 1 heterocycles. The van der Waals surface area contributed by atoms with Gasteiger partial charge in [-0.2, -0.15) is 5.26 Å². The van der Waals surface area contributed by atoms with Crippen LogP contribution in [-0.2, 0) is 7.05 Å². The Kier molecular flexibility index (Phi) is 2.50. The van der Waals surface area contributed by atoms with Gasteiger partial charge in [0.25, 0.3) is 0 Å². The monoisotopic (exact) mass is 230 g/mol. The molecule has 17 heavy (non-hydrogen) atoms. The van der Waals surface area contributed by atoms with E-state index >= 15 is 0 Å². The minimum absolute atomic E-state index is 0.169. The fourth-order valence-corrected chi connectivity index (χ4v) is 1.57. The Bertz CT molecular complexity index is 531. The Hall–Kier alpha value is -2.09. The number of ether oxygens (including phenoxy) is 1. The lowest BCUT2D eigenvalue weighted by molar-refractivity contribution is 0.189. The molecule has 0 atom stereocenters. The SMILES string of the molecule is C=C(C=N)c1c(OC2(C)CC2)nn(C)c1C#N. The number of rotatable bonds is 4. The Labute approximate surface area is 99.8 Å². The first-order valence-corrected chi connectivity index (χ1v) is 5.36. The molecule has 0 bridgehead atoms. The van der Waals surface area contributed by atoms with Gasteiger partial charge in [0.1, 0.15) is 17.4 Å². The molecule has 1 N–H and O–H groups in total. The summed E-state index contributed by atoms with van der Waals surface area (Å²) in [6.45, 7) is 5.75. The summed E-state index contributed by atoms with van der Waals surface area (Å²) in [7, 11) is 1.68. The molecule has 0 aromatic carbocycles. The molecule has 0 aliphatic heterocycles. The number of nitrogens with zero attached hydrogens (tertiary/aromatic N) is 3. The number of allylic oxidation sites excluding steroid dienone is 1. The van der Waals surface area contributed by atoms with Gasteiger partial charge in [-0.1, -0.05) is 6.58 Å². The molecule has 0 unspecified atom stereocenters. The topological polar surface area (TPSA) is 74.7 Å². The van der Waals surface area contributed by atoms with Crippen molar-refractivity contribution in [1.29, 1.82) is 10.7 Å². The molecule has 1 fully saturated rings. The molecule has 0 spiro atoms. The molecule has 88 valence electrons. The molecule has 1 aliphatic carbocycles. The van der Waals surface area contributed by atoms with Gasteiger partial charge in [0.2, 0.25) is 5.88 Å². The van der Waals surface area contributed by atoms with Crippen LogP contribution in [0.5, 0.6) is 5.88 Å². The van der Waals surface area contributed by atoms with Crippen LogP contribution in [0.25, 0.3) is 5.57 Å². The highest BCUT2D eigenvalue weighted by Gasteiger charge is 2.41. The highest BCUT2D eigenvalue weighted by atomic mass is 16.5. The van der Waals surface area contributed by atoms with Crippen LogP contribution in [0.15, 0.2) is 6.58 Å². The average molecular weight is 230 g/mol. The van der Waals surface area contributed by atoms with E-state index in [4.69, 9.17) is 15.4 Å². The van der Waals surface area contributed by atoms with Gasteiger partial charge < -0.3 is 10.1 Å². The van der Waals surface area contributed by atoms with E-state index in [9.17, 15) is 0 Å². The predicted molar refractivity (Wildman–Crippen MR) is 64.0 cm³/mol. The average Bonchev–Trinajstić information content (AvgIpc) is 2.92. The van der Waals surface area contributed by atoms with E-state index in [0.717, 1.165) is 19.1 Å². The Morgan fingerprint density at radius 3 is 2.82 bits per heavy atom. The summed E-state index contributed by atoms with van der Waals surface area (Å²) in [4.78, 5) is 0. The smallest absolute Gasteiger partial charge is 0.242 e. The van der Waals surface area contributed by atoms with Gasteiger partial charge in [0, 0.05) is 18.8 Å². The fourth-order valence-electron chi connectivity index (χ4n) is 1.57. The van der Waals surface area contributed by atoms with Crippen molar-refractivity contribution in [2.45, 2.75) is 25.4 Å². The number of aryl methyl sites for hydroxylation is 1. The molecule has 5 heteroatoms. The van der Waals surface area contributed by atoms with Crippen molar-refractivity contribution in [3.63, 3.8) is 0 Å². The first-order valence-electron chi connectivity index (χ1n) is 5.36. The van der Waals surface area contributed by atoms with E-state index < -0.39 is 0 Å². The second kappa shape index (κ2) is 3.74. The van der Waals surface area contributed by atoms with Gasteiger partial charge in [0.15, 0.2) is 0 Å². The number of hydrogen-bond acceptors (Lipinski definition) is 4. The van der Waals surface area contributed by atoms with E-state index in [1.165, 1.54) is 4.68 Å². The second-order valence-corrected chi connectivity index (χ2v) is 4.49. The van der Waals surface area contributed by atoms with Crippen molar-refractivity contribution in [3.05, 3.63) is 17.8 Å². The van der Waals surface area contributed by atoms with E-state index in [2.05, 4.69) is 17.7 Å². The zero-order valence-electron chi connectivity index (χ0n) is 9.95. The minimum atomic E-state index is -0.169. The van der Waals surface area contributed by atoms with Crippen LogP contribution in [0.3, 0.4) is 0 Å². The van der Waals surface area contributed by atoms with Crippen molar-refractivity contribution < 1.29 is 4.74 Å². The van der Waals surface area contributed by atoms with Crippen molar-refractivity contribution in [3.8, 4) is 11.9 Å². The largest absolute Gasteiger partial charge is 0.470 e. The van der Waals surface area contributed by atoms with Gasteiger partial charge in [-0.15, -0.1) is 5.10 Å². The summed E-state index contributed by atoms with van der Waals surface area (Å²) >= 11 is 0. The number of nitriles is 1. The number of aromatic nitrogens is 2. The fraction of sp³-hybridized carbons (Fsp3) is 0.417. The highest BCUT2D eigenvalue weighted by molar-refractivity contribution is 6.09. The normalized spacial score (nSPS) is 16.1. The minimum Gasteiger partial charge on any atom is -0.470 e. The summed E-state index contributed by atoms with van der Waals surface area (Å²) in [5, 5.41) is 20.5. The maximum atomic E-state index is 9.09. The van der Waals surface area contributed by atoms with Crippen LogP contribution in [0, 0.1) is 16.7 Å². The van der Waals surface area contributed by atoms with Crippen molar-refractivity contribution in [2.24, 2.45) is 7.05 Å². The summed E-state index contributed by atoms with van der Waals surface area (Å²) in [5.74, 6) is 0.401. The maximum Gasteiger partial charge on any atom is 0.242 e. The van der Waals surface area contributed by atoms with E-state index in [-0.39, 0.29) is 5.60 Å². The van der Waals surface area contributed by atoms with Crippen molar-refractivity contribution >= 4 is 11.8 Å². The van der Waals surface area contributed by atoms with Crippen molar-refractivity contribution in [2.75, 3.05) is 0 Å². The van der Waals surface area contributed by atoms with Crippen LogP contribution in [0.2, 0.25) is 0 Å². The Morgan fingerprint density at radius 2 is 2.35 bits per heavy atom. The third kappa shape index (κ3) is 1.94. The van der Waals surface area contributed by atoms with Gasteiger partial charge in [-0.3, -0.25) is 4.68 Å². The van der Waals surface area contributed by atoms with E-state index in [1.54, 1.807) is 7.05 Å². The highest BCUT2D eigenvalue weighted by Crippen LogP contribution is 2.41. The second-order valence-electron chi connectivity index (χ2n) is 4.49. The molecule has 1 aromatic rings. The zero-order valence-corrected chi connectivity index (χ0v) is 9.95. The van der Waals surface area contributed by atoms with Gasteiger partial charge in [0.05, 0.1) is 5.56 Å². The molecule has 1 saturated carbocycles. The summed E-state index contributed by atoms with van der Waals surface area (Å²) < 4.78 is 7.25. The molecule has 0 saturated heterocycles. The standard InChI is InChI=1S/C12H14N4O/c1-8(6-13)10-9(7-14)16(3)15-11(10)17-12(2)4-5-12/h6,13H,1,4-5H2,2-3H3. The lowest BCUT2D eigenvalue weighted by atomic mass is 10.1. The van der Waals surface area contributed by atoms with Crippen LogP contribution in [0.4, 0.5) is 0 Å². The molecule has 0 radical (unpaired) electrons. The number of nitrogens with one attached hydrogen (secondary N) is 1. The Morgan fingerprint density at radius 1 is 1.71 bits per heavy atom. The van der Waals surface area contributed by atoms with Crippen LogP contribution < -0.4 is 4.74 Å². The molecule has 5 nitrogen and oxygen atoms in total. The van der Waals surface area contributed by atoms with Crippen LogP contribution in [0.1, 0.15) is 31.0 Å². The van der Waals surface area contributed by atoms with Crippen molar-refractivity contribution in [1.82, 2.24) is 9.78 Å². The number of hydrogen-bond donors (Lipinski definition) is 1. The van der Waals surface area contributed by atoms with E-state index in [1.807, 2.05) is 6.92 Å². The lowest BCUT2D eigenvalue weighted by Gasteiger charge is -2.11. The van der Waals surface area contributed by atoms with E-state index in [0.29, 0.717) is 22.7 Å². The van der Waals surface area contributed by atoms with Crippen LogP contribution >= 0.6 is 0 Å². The van der Waals surface area contributed by atoms with Crippen LogP contribution in [-0.4, -0.2) is 21.6 Å². The quantitative estimate of drug-likeness (QED) is 0.802. The molecular weight excluding hydrogens is 216 g/mol. The predicted octanol–water partition coefficient (Wildman–Crippen LogP) is 1.89. The summed E-state index contributed by atoms with van der Waals surface area (Å²) in [6.07, 6.45) is 3.09. The zero-order chi connectivity index (χ0) is 12.6. The molecule has 1 aliphatic rings. The van der Waals surface area contributed by atoms with Gasteiger partial charge >= 0.3 is 0 Å². The first-order chi connectivity index (χ1) is 8.00. The molecule has 0 amide bonds. The summed E-state index contributed by atoms with van der Waals surface area (Å²) in [6, 6.07) is 2.06. The van der Waals surface area contributed by atoms with Gasteiger partial charge in [-0.25, -0.2) is 0 Å². The summed E-state index contributed by atoms with van der Waals surface area (Å²) in [5.41, 5.74) is 1.17. The molecule has 2 rings (SSSR count). The Balaban J connectivity index is 2.47. The first kappa shape index (κ1) is 11.4. The third-order valence-corrected chi connectivity index (χ3v) is 2.91. The molecular formula is C12H14N4O. The van der Waals surface area contributed by atoms with Gasteiger partial charge in [-0.05, 0) is 19.8 Å².